The van der Waals surface area contributed by atoms with E-state index in [-0.39, 0.29) is 11.8 Å². The smallest absolute Gasteiger partial charge is 0.225 e. The highest BCUT2D eigenvalue weighted by Crippen LogP contribution is 2.31. The number of rotatable bonds is 7. The van der Waals surface area contributed by atoms with Crippen molar-refractivity contribution in [1.82, 2.24) is 25.3 Å². The molecule has 1 fully saturated rings. The lowest BCUT2D eigenvalue weighted by Gasteiger charge is -2.32. The van der Waals surface area contributed by atoms with Crippen LogP contribution in [-0.4, -0.2) is 45.6 Å². The quantitative estimate of drug-likeness (QED) is 0.399. The number of nitrogens with zero attached hydrogens (tertiary/aromatic N) is 5. The van der Waals surface area contributed by atoms with Crippen molar-refractivity contribution in [3.63, 3.8) is 0 Å². The van der Waals surface area contributed by atoms with Crippen LogP contribution >= 0.6 is 0 Å². The number of carbonyl (C=O) groups is 1. The zero-order valence-electron chi connectivity index (χ0n) is 22.0. The average molecular weight is 499 g/mol. The van der Waals surface area contributed by atoms with Gasteiger partial charge in [0.25, 0.3) is 0 Å². The van der Waals surface area contributed by atoms with Crippen molar-refractivity contribution < 1.29 is 9.53 Å². The van der Waals surface area contributed by atoms with Gasteiger partial charge in [-0.05, 0) is 58.7 Å². The lowest BCUT2D eigenvalue weighted by Crippen LogP contribution is -2.43. The van der Waals surface area contributed by atoms with Crippen LogP contribution in [0.3, 0.4) is 0 Å². The van der Waals surface area contributed by atoms with Gasteiger partial charge in [0, 0.05) is 25.2 Å². The van der Waals surface area contributed by atoms with E-state index in [2.05, 4.69) is 58.5 Å². The minimum atomic E-state index is -0.133. The molecule has 1 aliphatic rings. The predicted octanol–water partition coefficient (Wildman–Crippen LogP) is 4.67. The molecular weight excluding hydrogens is 464 g/mol. The number of piperidine rings is 1. The molecule has 1 atom stereocenters. The Bertz CT molecular complexity index is 1410. The van der Waals surface area contributed by atoms with Gasteiger partial charge in [0.05, 0.1) is 35.0 Å². The Balaban J connectivity index is 1.37. The van der Waals surface area contributed by atoms with Gasteiger partial charge < -0.3 is 15.0 Å². The number of aromatic nitrogens is 4. The van der Waals surface area contributed by atoms with E-state index >= 15 is 0 Å². The second kappa shape index (κ2) is 10.6. The number of aryl methyl sites for hydroxylation is 3. The number of nitrogens with one attached hydrogen (secondary N) is 1. The maximum absolute atomic E-state index is 13.2. The van der Waals surface area contributed by atoms with E-state index in [1.54, 1.807) is 0 Å². The lowest BCUT2D eigenvalue weighted by molar-refractivity contribution is -0.125. The molecule has 1 aliphatic heterocycles. The van der Waals surface area contributed by atoms with Gasteiger partial charge in [-0.3, -0.25) is 4.79 Å². The number of benzene rings is 2. The summed E-state index contributed by atoms with van der Waals surface area (Å²) < 4.78 is 7.67. The molecule has 2 aromatic heterocycles. The number of anilines is 1. The summed E-state index contributed by atoms with van der Waals surface area (Å²) in [5.41, 5.74) is 5.91. The normalized spacial score (nSPS) is 15.7. The SMILES string of the molecule is CCOc1ccccc1CNC(=O)[C@@H]1CCCN(c2nnc(C)c3c(C)n(-c4ccc(C)cc4)nc23)C1. The number of fused-ring (bicyclic) bond motifs is 1. The van der Waals surface area contributed by atoms with E-state index in [0.717, 1.165) is 64.5 Å². The molecule has 0 unspecified atom stereocenters. The van der Waals surface area contributed by atoms with Gasteiger partial charge in [-0.25, -0.2) is 4.68 Å². The molecule has 8 nitrogen and oxygen atoms in total. The Morgan fingerprint density at radius 1 is 1.08 bits per heavy atom. The van der Waals surface area contributed by atoms with Gasteiger partial charge in [0.2, 0.25) is 5.91 Å². The largest absolute Gasteiger partial charge is 0.494 e. The molecule has 0 saturated carbocycles. The summed E-state index contributed by atoms with van der Waals surface area (Å²) >= 11 is 0. The molecule has 1 amide bonds. The Kier molecular flexibility index (Phi) is 7.08. The van der Waals surface area contributed by atoms with E-state index in [0.29, 0.717) is 19.7 Å². The minimum Gasteiger partial charge on any atom is -0.494 e. The third-order valence-electron chi connectivity index (χ3n) is 7.08. The summed E-state index contributed by atoms with van der Waals surface area (Å²) in [5.74, 6) is 1.47. The van der Waals surface area contributed by atoms with Crippen molar-refractivity contribution in [2.75, 3.05) is 24.6 Å². The Morgan fingerprint density at radius 2 is 1.86 bits per heavy atom. The first kappa shape index (κ1) is 24.7. The van der Waals surface area contributed by atoms with Gasteiger partial charge in [-0.1, -0.05) is 35.9 Å². The fraction of sp³-hybridized carbons (Fsp3) is 0.379. The average Bonchev–Trinajstić information content (AvgIpc) is 3.26. The van der Waals surface area contributed by atoms with Crippen LogP contribution in [0.4, 0.5) is 5.82 Å². The second-order valence-corrected chi connectivity index (χ2v) is 9.71. The van der Waals surface area contributed by atoms with Gasteiger partial charge in [-0.15, -0.1) is 5.10 Å². The number of amides is 1. The molecule has 0 bridgehead atoms. The van der Waals surface area contributed by atoms with Crippen molar-refractivity contribution in [3.8, 4) is 11.4 Å². The van der Waals surface area contributed by atoms with Gasteiger partial charge in [0.15, 0.2) is 5.82 Å². The zero-order chi connectivity index (χ0) is 25.9. The maximum Gasteiger partial charge on any atom is 0.225 e. The zero-order valence-corrected chi connectivity index (χ0v) is 22.0. The maximum atomic E-state index is 13.2. The lowest BCUT2D eigenvalue weighted by atomic mass is 9.97. The van der Waals surface area contributed by atoms with Crippen LogP contribution in [0, 0.1) is 26.7 Å². The highest BCUT2D eigenvalue weighted by atomic mass is 16.5. The fourth-order valence-electron chi connectivity index (χ4n) is 5.12. The standard InChI is InChI=1S/C29H34N6O2/c1-5-37-25-11-7-6-9-22(25)17-30-29(36)23-10-8-16-34(18-23)28-27-26(20(3)31-32-28)21(4)35(33-27)24-14-12-19(2)13-15-24/h6-7,9,11-15,23H,5,8,10,16-18H2,1-4H3,(H,30,36)/t23-/m1/s1. The molecule has 8 heteroatoms. The molecule has 0 spiro atoms. The van der Waals surface area contributed by atoms with Crippen LogP contribution in [0.1, 0.15) is 42.3 Å². The monoisotopic (exact) mass is 498 g/mol. The minimum absolute atomic E-state index is 0.0497. The van der Waals surface area contributed by atoms with Crippen LogP contribution in [0.15, 0.2) is 48.5 Å². The summed E-state index contributed by atoms with van der Waals surface area (Å²) in [5, 5.41) is 18.2. The third kappa shape index (κ3) is 5.01. The summed E-state index contributed by atoms with van der Waals surface area (Å²) in [4.78, 5) is 15.3. The first-order valence-electron chi connectivity index (χ1n) is 13.0. The van der Waals surface area contributed by atoms with Crippen molar-refractivity contribution in [2.24, 2.45) is 5.92 Å². The molecule has 1 N–H and O–H groups in total. The number of hydrogen-bond donors (Lipinski definition) is 1. The molecule has 1 saturated heterocycles. The van der Waals surface area contributed by atoms with Crippen LogP contribution in [0.2, 0.25) is 0 Å². The Morgan fingerprint density at radius 3 is 2.65 bits per heavy atom. The number of para-hydroxylation sites is 1. The first-order chi connectivity index (χ1) is 18.0. The molecule has 192 valence electrons. The van der Waals surface area contributed by atoms with Gasteiger partial charge in [-0.2, -0.15) is 10.2 Å². The van der Waals surface area contributed by atoms with E-state index in [1.807, 2.05) is 42.8 Å². The highest BCUT2D eigenvalue weighted by Gasteiger charge is 2.29. The summed E-state index contributed by atoms with van der Waals surface area (Å²) in [6.07, 6.45) is 1.75. The topological polar surface area (TPSA) is 85.2 Å². The number of hydrogen-bond acceptors (Lipinski definition) is 6. The van der Waals surface area contributed by atoms with Crippen LogP contribution in [0.25, 0.3) is 16.6 Å². The molecule has 2 aromatic carbocycles. The van der Waals surface area contributed by atoms with Gasteiger partial charge in [0.1, 0.15) is 11.3 Å². The third-order valence-corrected chi connectivity index (χ3v) is 7.08. The van der Waals surface area contributed by atoms with Crippen molar-refractivity contribution in [3.05, 3.63) is 71.0 Å². The van der Waals surface area contributed by atoms with Crippen LogP contribution in [-0.2, 0) is 11.3 Å². The first-order valence-corrected chi connectivity index (χ1v) is 13.0. The molecule has 4 aromatic rings. The summed E-state index contributed by atoms with van der Waals surface area (Å²) in [6.45, 7) is 10.5. The van der Waals surface area contributed by atoms with E-state index in [9.17, 15) is 4.79 Å². The summed E-state index contributed by atoms with van der Waals surface area (Å²) in [7, 11) is 0. The van der Waals surface area contributed by atoms with Crippen LogP contribution in [0.5, 0.6) is 5.75 Å². The predicted molar refractivity (Wildman–Crippen MR) is 145 cm³/mol. The summed E-state index contributed by atoms with van der Waals surface area (Å²) in [6, 6.07) is 16.2. The fourth-order valence-corrected chi connectivity index (χ4v) is 5.12. The Hall–Kier alpha value is -3.94. The van der Waals surface area contributed by atoms with Crippen LogP contribution < -0.4 is 15.0 Å². The highest BCUT2D eigenvalue weighted by molar-refractivity contribution is 5.92. The second-order valence-electron chi connectivity index (χ2n) is 9.71. The van der Waals surface area contributed by atoms with Crippen molar-refractivity contribution in [2.45, 2.75) is 47.1 Å². The van der Waals surface area contributed by atoms with E-state index < -0.39 is 0 Å². The molecule has 5 rings (SSSR count). The molecule has 37 heavy (non-hydrogen) atoms. The van der Waals surface area contributed by atoms with Gasteiger partial charge >= 0.3 is 0 Å². The van der Waals surface area contributed by atoms with Crippen molar-refractivity contribution >= 4 is 22.6 Å². The number of ether oxygens (including phenoxy) is 1. The molecule has 0 radical (unpaired) electrons. The van der Waals surface area contributed by atoms with E-state index in [4.69, 9.17) is 9.84 Å². The molecule has 3 heterocycles. The molecule has 0 aliphatic carbocycles. The Labute approximate surface area is 217 Å². The van der Waals surface area contributed by atoms with Crippen molar-refractivity contribution in [1.29, 1.82) is 0 Å². The van der Waals surface area contributed by atoms with E-state index in [1.165, 1.54) is 5.56 Å². The number of carbonyl (C=O) groups excluding carboxylic acids is 1. The molecular formula is C29H34N6O2.